The summed E-state index contributed by atoms with van der Waals surface area (Å²) in [5.74, 6) is 1.93. The third-order valence-electron chi connectivity index (χ3n) is 5.03. The van der Waals surface area contributed by atoms with Crippen molar-refractivity contribution in [3.63, 3.8) is 0 Å². The van der Waals surface area contributed by atoms with Gasteiger partial charge in [0.1, 0.15) is 17.0 Å². The maximum Gasteiger partial charge on any atom is 0.138 e. The van der Waals surface area contributed by atoms with Gasteiger partial charge in [0.25, 0.3) is 0 Å². The minimum absolute atomic E-state index is 0.589. The minimum Gasteiger partial charge on any atom is -0.367 e. The Balaban J connectivity index is 1.69. The highest BCUT2D eigenvalue weighted by atomic mass is 32.1. The number of fused-ring (bicyclic) bond motifs is 3. The smallest absolute Gasteiger partial charge is 0.138 e. The molecule has 0 aliphatic heterocycles. The van der Waals surface area contributed by atoms with Crippen LogP contribution in [-0.2, 0) is 12.8 Å². The molecular formula is C17H23N3S. The normalized spacial score (nSPS) is 25.8. The molecule has 1 saturated carbocycles. The van der Waals surface area contributed by atoms with E-state index in [9.17, 15) is 0 Å². The van der Waals surface area contributed by atoms with Crippen LogP contribution in [0.1, 0.15) is 55.9 Å². The van der Waals surface area contributed by atoms with Crippen molar-refractivity contribution in [1.29, 1.82) is 0 Å². The summed E-state index contributed by atoms with van der Waals surface area (Å²) in [5, 5.41) is 5.08. The quantitative estimate of drug-likeness (QED) is 0.883. The Morgan fingerprint density at radius 2 is 2.05 bits per heavy atom. The van der Waals surface area contributed by atoms with Gasteiger partial charge in [0, 0.05) is 10.9 Å². The fraction of sp³-hybridized carbons (Fsp3) is 0.647. The van der Waals surface area contributed by atoms with Gasteiger partial charge < -0.3 is 5.32 Å². The average Bonchev–Trinajstić information content (AvgIpc) is 2.87. The molecule has 112 valence electrons. The van der Waals surface area contributed by atoms with Crippen LogP contribution in [0.2, 0.25) is 0 Å². The fourth-order valence-corrected chi connectivity index (χ4v) is 5.19. The molecule has 0 spiro atoms. The highest BCUT2D eigenvalue weighted by Crippen LogP contribution is 2.39. The zero-order chi connectivity index (χ0) is 14.2. The van der Waals surface area contributed by atoms with Gasteiger partial charge in [0.05, 0.1) is 5.39 Å². The minimum atomic E-state index is 0.589. The molecule has 0 saturated heterocycles. The molecule has 3 nitrogen and oxygen atoms in total. The van der Waals surface area contributed by atoms with E-state index in [2.05, 4.69) is 22.2 Å². The highest BCUT2D eigenvalue weighted by molar-refractivity contribution is 7.19. The molecule has 2 unspecified atom stereocenters. The first kappa shape index (κ1) is 13.5. The van der Waals surface area contributed by atoms with Gasteiger partial charge in [0.15, 0.2) is 0 Å². The van der Waals surface area contributed by atoms with Crippen LogP contribution in [0.3, 0.4) is 0 Å². The summed E-state index contributed by atoms with van der Waals surface area (Å²) < 4.78 is 0. The van der Waals surface area contributed by atoms with Crippen molar-refractivity contribution in [3.8, 4) is 0 Å². The second-order valence-corrected chi connectivity index (χ2v) is 7.81. The SMILES string of the molecule is CC1CCCC(Nc2ncnc3sc4c(c23)CCCC4)C1. The van der Waals surface area contributed by atoms with E-state index < -0.39 is 0 Å². The number of anilines is 1. The predicted molar refractivity (Wildman–Crippen MR) is 89.1 cm³/mol. The van der Waals surface area contributed by atoms with Crippen molar-refractivity contribution >= 4 is 27.4 Å². The van der Waals surface area contributed by atoms with Gasteiger partial charge in [-0.1, -0.05) is 19.8 Å². The first-order valence-corrected chi connectivity index (χ1v) is 9.14. The Morgan fingerprint density at radius 1 is 1.14 bits per heavy atom. The summed E-state index contributed by atoms with van der Waals surface area (Å²) in [5.41, 5.74) is 1.54. The van der Waals surface area contributed by atoms with Gasteiger partial charge in [-0.05, 0) is 50.0 Å². The van der Waals surface area contributed by atoms with E-state index in [1.54, 1.807) is 11.2 Å². The Kier molecular flexibility index (Phi) is 3.57. The van der Waals surface area contributed by atoms with Gasteiger partial charge in [-0.25, -0.2) is 9.97 Å². The predicted octanol–water partition coefficient (Wildman–Crippen LogP) is 4.56. The third kappa shape index (κ3) is 2.54. The number of hydrogen-bond acceptors (Lipinski definition) is 4. The summed E-state index contributed by atoms with van der Waals surface area (Å²) in [4.78, 5) is 11.8. The van der Waals surface area contributed by atoms with Crippen molar-refractivity contribution in [2.45, 2.75) is 64.3 Å². The van der Waals surface area contributed by atoms with Crippen LogP contribution in [0.5, 0.6) is 0 Å². The third-order valence-corrected chi connectivity index (χ3v) is 6.23. The van der Waals surface area contributed by atoms with Gasteiger partial charge in [-0.3, -0.25) is 0 Å². The van der Waals surface area contributed by atoms with Crippen LogP contribution in [0.25, 0.3) is 10.2 Å². The number of thiophene rings is 1. The van der Waals surface area contributed by atoms with Crippen LogP contribution in [-0.4, -0.2) is 16.0 Å². The van der Waals surface area contributed by atoms with Crippen molar-refractivity contribution in [2.24, 2.45) is 5.92 Å². The van der Waals surface area contributed by atoms with Crippen molar-refractivity contribution in [3.05, 3.63) is 16.8 Å². The number of hydrogen-bond donors (Lipinski definition) is 1. The maximum atomic E-state index is 4.59. The molecule has 2 aliphatic carbocycles. The van der Waals surface area contributed by atoms with Crippen LogP contribution >= 0.6 is 11.3 Å². The van der Waals surface area contributed by atoms with Crippen molar-refractivity contribution < 1.29 is 0 Å². The second-order valence-electron chi connectivity index (χ2n) is 6.73. The van der Waals surface area contributed by atoms with E-state index in [4.69, 9.17) is 0 Å². The summed E-state index contributed by atoms with van der Waals surface area (Å²) in [6, 6.07) is 0.589. The monoisotopic (exact) mass is 301 g/mol. The van der Waals surface area contributed by atoms with E-state index >= 15 is 0 Å². The Morgan fingerprint density at radius 3 is 2.95 bits per heavy atom. The molecule has 2 aromatic heterocycles. The van der Waals surface area contributed by atoms with E-state index in [1.165, 1.54) is 67.1 Å². The lowest BCUT2D eigenvalue weighted by Gasteiger charge is -2.28. The molecule has 1 fully saturated rings. The maximum absolute atomic E-state index is 4.59. The van der Waals surface area contributed by atoms with Crippen LogP contribution < -0.4 is 5.32 Å². The van der Waals surface area contributed by atoms with Crippen LogP contribution in [0.15, 0.2) is 6.33 Å². The Labute approximate surface area is 130 Å². The average molecular weight is 301 g/mol. The molecule has 1 N–H and O–H groups in total. The van der Waals surface area contributed by atoms with Gasteiger partial charge in [-0.15, -0.1) is 11.3 Å². The molecule has 0 aromatic carbocycles. The standard InChI is InChI=1S/C17H23N3S/c1-11-5-4-6-12(9-11)20-16-15-13-7-2-3-8-14(13)21-17(15)19-10-18-16/h10-12H,2-9H2,1H3,(H,18,19,20). The molecule has 2 aliphatic rings. The number of aryl methyl sites for hydroxylation is 2. The van der Waals surface area contributed by atoms with E-state index in [0.717, 1.165) is 11.7 Å². The summed E-state index contributed by atoms with van der Waals surface area (Å²) in [6.07, 6.45) is 12.1. The number of nitrogens with one attached hydrogen (secondary N) is 1. The van der Waals surface area contributed by atoms with Crippen LogP contribution in [0.4, 0.5) is 5.82 Å². The molecule has 2 heterocycles. The molecule has 2 atom stereocenters. The largest absolute Gasteiger partial charge is 0.367 e. The first-order valence-electron chi connectivity index (χ1n) is 8.33. The number of rotatable bonds is 2. The molecular weight excluding hydrogens is 278 g/mol. The van der Waals surface area contributed by atoms with Crippen LogP contribution in [0, 0.1) is 5.92 Å². The number of aromatic nitrogens is 2. The zero-order valence-electron chi connectivity index (χ0n) is 12.7. The molecule has 4 rings (SSSR count). The molecule has 2 aromatic rings. The molecule has 0 radical (unpaired) electrons. The van der Waals surface area contributed by atoms with E-state index in [-0.39, 0.29) is 0 Å². The second kappa shape index (κ2) is 5.56. The fourth-order valence-electron chi connectivity index (χ4n) is 3.96. The summed E-state index contributed by atoms with van der Waals surface area (Å²) in [7, 11) is 0. The lowest BCUT2D eigenvalue weighted by Crippen LogP contribution is -2.26. The van der Waals surface area contributed by atoms with E-state index in [0.29, 0.717) is 6.04 Å². The molecule has 4 heteroatoms. The summed E-state index contributed by atoms with van der Waals surface area (Å²) >= 11 is 1.89. The van der Waals surface area contributed by atoms with Gasteiger partial charge in [-0.2, -0.15) is 0 Å². The van der Waals surface area contributed by atoms with Crippen molar-refractivity contribution in [1.82, 2.24) is 9.97 Å². The molecule has 21 heavy (non-hydrogen) atoms. The first-order chi connectivity index (χ1) is 10.3. The number of nitrogens with zero attached hydrogens (tertiary/aromatic N) is 2. The Hall–Kier alpha value is -1.16. The lowest BCUT2D eigenvalue weighted by molar-refractivity contribution is 0.358. The summed E-state index contributed by atoms with van der Waals surface area (Å²) in [6.45, 7) is 2.37. The van der Waals surface area contributed by atoms with Gasteiger partial charge in [0.2, 0.25) is 0 Å². The zero-order valence-corrected chi connectivity index (χ0v) is 13.5. The van der Waals surface area contributed by atoms with E-state index in [1.807, 2.05) is 11.3 Å². The molecule has 0 amide bonds. The van der Waals surface area contributed by atoms with Crippen molar-refractivity contribution in [2.75, 3.05) is 5.32 Å². The molecule has 0 bridgehead atoms. The Bertz CT molecular complexity index is 649. The lowest BCUT2D eigenvalue weighted by atomic mass is 9.87. The van der Waals surface area contributed by atoms with Gasteiger partial charge >= 0.3 is 0 Å². The topological polar surface area (TPSA) is 37.8 Å². The highest BCUT2D eigenvalue weighted by Gasteiger charge is 2.23.